The van der Waals surface area contributed by atoms with Gasteiger partial charge in [-0.05, 0) is 73.6 Å². The third kappa shape index (κ3) is 3.80. The van der Waals surface area contributed by atoms with Gasteiger partial charge in [-0.25, -0.2) is 9.69 Å². The Kier molecular flexibility index (Phi) is 5.52. The zero-order valence-electron chi connectivity index (χ0n) is 17.3. The molecule has 0 aliphatic carbocycles. The summed E-state index contributed by atoms with van der Waals surface area (Å²) in [5, 5.41) is -0.318. The van der Waals surface area contributed by atoms with Gasteiger partial charge >= 0.3 is 5.97 Å². The second-order valence-electron chi connectivity index (χ2n) is 7.06. The molecular weight excluding hydrogens is 412 g/mol. The van der Waals surface area contributed by atoms with E-state index in [9.17, 15) is 14.4 Å². The molecule has 0 atom stereocenters. The van der Waals surface area contributed by atoms with Crippen molar-refractivity contribution in [2.24, 2.45) is 0 Å². The lowest BCUT2D eigenvalue weighted by molar-refractivity contribution is -0.113. The summed E-state index contributed by atoms with van der Waals surface area (Å²) in [5.74, 6) is -0.738. The minimum Gasteiger partial charge on any atom is -0.465 e. The lowest BCUT2D eigenvalue weighted by Gasteiger charge is -2.11. The lowest BCUT2D eigenvalue weighted by atomic mass is 10.2. The zero-order valence-corrected chi connectivity index (χ0v) is 18.1. The van der Waals surface area contributed by atoms with Gasteiger partial charge < -0.3 is 9.30 Å². The van der Waals surface area contributed by atoms with Crippen LogP contribution in [0.15, 0.2) is 65.6 Å². The first kappa shape index (κ1) is 20.7. The van der Waals surface area contributed by atoms with Crippen molar-refractivity contribution in [3.63, 3.8) is 0 Å². The summed E-state index contributed by atoms with van der Waals surface area (Å²) >= 11 is 0.929. The maximum Gasteiger partial charge on any atom is 0.337 e. The predicted molar refractivity (Wildman–Crippen MR) is 121 cm³/mol. The van der Waals surface area contributed by atoms with E-state index < -0.39 is 5.97 Å². The van der Waals surface area contributed by atoms with E-state index in [-0.39, 0.29) is 11.1 Å². The monoisotopic (exact) mass is 432 g/mol. The number of aromatic nitrogens is 1. The van der Waals surface area contributed by atoms with E-state index in [1.807, 2.05) is 36.6 Å². The summed E-state index contributed by atoms with van der Waals surface area (Å²) in [6.45, 7) is 3.88. The molecule has 2 amide bonds. The molecule has 0 unspecified atom stereocenters. The molecule has 3 aromatic rings. The first-order valence-electron chi connectivity index (χ1n) is 9.61. The summed E-state index contributed by atoms with van der Waals surface area (Å²) in [6.07, 6.45) is 1.75. The molecule has 0 N–H and O–H groups in total. The normalized spacial score (nSPS) is 15.1. The topological polar surface area (TPSA) is 68.6 Å². The van der Waals surface area contributed by atoms with Gasteiger partial charge in [0.25, 0.3) is 11.1 Å². The number of aryl methyl sites for hydroxylation is 1. The quantitative estimate of drug-likeness (QED) is 0.423. The van der Waals surface area contributed by atoms with Crippen LogP contribution in [0.2, 0.25) is 0 Å². The summed E-state index contributed by atoms with van der Waals surface area (Å²) in [5.41, 5.74) is 4.49. The van der Waals surface area contributed by atoms with Gasteiger partial charge in [-0.15, -0.1) is 0 Å². The molecule has 156 valence electrons. The summed E-state index contributed by atoms with van der Waals surface area (Å²) in [4.78, 5) is 38.8. The van der Waals surface area contributed by atoms with Gasteiger partial charge in [-0.2, -0.15) is 0 Å². The fourth-order valence-electron chi connectivity index (χ4n) is 3.63. The van der Waals surface area contributed by atoms with Gasteiger partial charge in [0.15, 0.2) is 0 Å². The number of amides is 2. The zero-order chi connectivity index (χ0) is 22.1. The number of imide groups is 1. The van der Waals surface area contributed by atoms with Crippen LogP contribution in [0.25, 0.3) is 11.8 Å². The number of carbonyl (C=O) groups excluding carboxylic acids is 3. The van der Waals surface area contributed by atoms with Crippen molar-refractivity contribution in [3.8, 4) is 5.69 Å². The van der Waals surface area contributed by atoms with Crippen molar-refractivity contribution in [2.45, 2.75) is 13.8 Å². The first-order valence-corrected chi connectivity index (χ1v) is 10.4. The molecule has 1 saturated heterocycles. The van der Waals surface area contributed by atoms with E-state index in [4.69, 9.17) is 4.74 Å². The molecule has 0 spiro atoms. The number of benzene rings is 2. The Hall–Kier alpha value is -3.58. The van der Waals surface area contributed by atoms with Crippen LogP contribution >= 0.6 is 11.8 Å². The summed E-state index contributed by atoms with van der Waals surface area (Å²) in [7, 11) is 1.35. The minimum atomic E-state index is -0.404. The van der Waals surface area contributed by atoms with Gasteiger partial charge in [0.05, 0.1) is 23.3 Å². The van der Waals surface area contributed by atoms with Crippen molar-refractivity contribution < 1.29 is 19.1 Å². The van der Waals surface area contributed by atoms with Crippen molar-refractivity contribution in [3.05, 3.63) is 88.1 Å². The van der Waals surface area contributed by atoms with Crippen molar-refractivity contribution in [1.29, 1.82) is 0 Å². The smallest absolute Gasteiger partial charge is 0.337 e. The van der Waals surface area contributed by atoms with Crippen LogP contribution in [-0.2, 0) is 9.53 Å². The number of para-hydroxylation sites is 1. The molecule has 31 heavy (non-hydrogen) atoms. The Balaban J connectivity index is 1.70. The molecule has 1 aromatic heterocycles. The van der Waals surface area contributed by atoms with Gasteiger partial charge in [-0.3, -0.25) is 9.59 Å². The number of anilines is 1. The molecule has 7 heteroatoms. The third-order valence-electron chi connectivity index (χ3n) is 5.09. The first-order chi connectivity index (χ1) is 14.9. The fraction of sp³-hybridized carbons (Fsp3) is 0.125. The molecule has 0 saturated carbocycles. The van der Waals surface area contributed by atoms with E-state index in [1.165, 1.54) is 12.0 Å². The highest BCUT2D eigenvalue weighted by Gasteiger charge is 2.36. The number of nitrogens with zero attached hydrogens (tertiary/aromatic N) is 2. The number of hydrogen-bond donors (Lipinski definition) is 0. The van der Waals surface area contributed by atoms with E-state index in [0.717, 1.165) is 34.4 Å². The third-order valence-corrected chi connectivity index (χ3v) is 5.96. The van der Waals surface area contributed by atoms with E-state index in [2.05, 4.69) is 0 Å². The molecule has 0 bridgehead atoms. The van der Waals surface area contributed by atoms with Crippen molar-refractivity contribution in [1.82, 2.24) is 4.57 Å². The maximum atomic E-state index is 12.9. The van der Waals surface area contributed by atoms with E-state index in [1.54, 1.807) is 48.5 Å². The Morgan fingerprint density at radius 2 is 1.68 bits per heavy atom. The van der Waals surface area contributed by atoms with Crippen LogP contribution in [0.5, 0.6) is 0 Å². The van der Waals surface area contributed by atoms with Crippen molar-refractivity contribution in [2.75, 3.05) is 12.0 Å². The number of esters is 1. The maximum absolute atomic E-state index is 12.9. The molecule has 4 rings (SSSR count). The number of thioether (sulfide) groups is 1. The molecule has 6 nitrogen and oxygen atoms in total. The molecule has 1 aliphatic heterocycles. The fourth-order valence-corrected chi connectivity index (χ4v) is 4.46. The number of ether oxygens (including phenoxy) is 1. The average Bonchev–Trinajstić information content (AvgIpc) is 3.22. The van der Waals surface area contributed by atoms with Crippen LogP contribution in [0.1, 0.15) is 27.3 Å². The molecule has 1 aliphatic rings. The SMILES string of the molecule is COC(=O)c1cccc(-n2c(C)cc(/C=C3\SC(=O)N(c4ccccc4)C3=O)c2C)c1. The average molecular weight is 433 g/mol. The summed E-state index contributed by atoms with van der Waals surface area (Å²) < 4.78 is 6.82. The van der Waals surface area contributed by atoms with Crippen LogP contribution in [0, 0.1) is 13.8 Å². The Bertz CT molecular complexity index is 1230. The number of methoxy groups -OCH3 is 1. The molecule has 0 radical (unpaired) electrons. The summed E-state index contributed by atoms with van der Waals surface area (Å²) in [6, 6.07) is 18.0. The van der Waals surface area contributed by atoms with Crippen LogP contribution in [0.4, 0.5) is 10.5 Å². The number of rotatable bonds is 4. The Labute approximate surface area is 184 Å². The number of hydrogen-bond acceptors (Lipinski definition) is 5. The highest BCUT2D eigenvalue weighted by atomic mass is 32.2. The highest BCUT2D eigenvalue weighted by Crippen LogP contribution is 2.36. The standard InChI is InChI=1S/C24H20N2O4S/c1-15-12-18(16(2)25(15)20-11-7-8-17(13-20)23(28)30-3)14-21-22(27)26(24(29)31-21)19-9-5-4-6-10-19/h4-14H,1-3H3/b21-14-. The highest BCUT2D eigenvalue weighted by molar-refractivity contribution is 8.19. The Morgan fingerprint density at radius 1 is 0.968 bits per heavy atom. The van der Waals surface area contributed by atoms with Crippen LogP contribution in [0.3, 0.4) is 0 Å². The van der Waals surface area contributed by atoms with Crippen molar-refractivity contribution >= 4 is 40.6 Å². The van der Waals surface area contributed by atoms with E-state index in [0.29, 0.717) is 16.2 Å². The van der Waals surface area contributed by atoms with Gasteiger partial charge in [0.1, 0.15) is 0 Å². The van der Waals surface area contributed by atoms with E-state index >= 15 is 0 Å². The Morgan fingerprint density at radius 3 is 2.39 bits per heavy atom. The van der Waals surface area contributed by atoms with Crippen LogP contribution < -0.4 is 4.90 Å². The van der Waals surface area contributed by atoms with Gasteiger partial charge in [-0.1, -0.05) is 24.3 Å². The number of carbonyl (C=O) groups is 3. The van der Waals surface area contributed by atoms with Gasteiger partial charge in [0.2, 0.25) is 0 Å². The lowest BCUT2D eigenvalue weighted by Crippen LogP contribution is -2.27. The predicted octanol–water partition coefficient (Wildman–Crippen LogP) is 5.12. The minimum absolute atomic E-state index is 0.318. The molecule has 2 heterocycles. The molecule has 2 aromatic carbocycles. The molecule has 1 fully saturated rings. The van der Waals surface area contributed by atoms with Gasteiger partial charge in [0, 0.05) is 17.1 Å². The largest absolute Gasteiger partial charge is 0.465 e. The molecular formula is C24H20N2O4S. The van der Waals surface area contributed by atoms with Crippen LogP contribution in [-0.4, -0.2) is 28.8 Å². The second-order valence-corrected chi connectivity index (χ2v) is 8.05. The second kappa shape index (κ2) is 8.28.